The molecule has 37 heavy (non-hydrogen) atoms. The van der Waals surface area contributed by atoms with Crippen LogP contribution in [0.2, 0.25) is 0 Å². The van der Waals surface area contributed by atoms with Gasteiger partial charge < -0.3 is 18.8 Å². The number of anilines is 1. The van der Waals surface area contributed by atoms with E-state index in [2.05, 4.69) is 4.74 Å². The number of hydrogen-bond acceptors (Lipinski definition) is 7. The summed E-state index contributed by atoms with van der Waals surface area (Å²) in [6, 6.07) is 15.6. The smallest absolute Gasteiger partial charge is 0.344 e. The molecule has 188 valence electrons. The molecule has 0 atom stereocenters. The first-order valence-corrected chi connectivity index (χ1v) is 11.1. The second-order valence-electron chi connectivity index (χ2n) is 8.18. The van der Waals surface area contributed by atoms with E-state index in [1.165, 1.54) is 18.1 Å². The summed E-state index contributed by atoms with van der Waals surface area (Å²) in [4.78, 5) is 51.4. The van der Waals surface area contributed by atoms with Crippen molar-refractivity contribution < 1.29 is 28.8 Å². The molecular formula is C27H23N3O7. The van der Waals surface area contributed by atoms with Crippen LogP contribution in [0.4, 0.5) is 11.4 Å². The van der Waals surface area contributed by atoms with Crippen LogP contribution in [0.1, 0.15) is 42.3 Å². The fraction of sp³-hybridized carbons (Fsp3) is 0.148. The number of esters is 1. The van der Waals surface area contributed by atoms with Crippen LogP contribution in [0.15, 0.2) is 66.9 Å². The van der Waals surface area contributed by atoms with Crippen LogP contribution in [-0.2, 0) is 4.74 Å². The van der Waals surface area contributed by atoms with Crippen molar-refractivity contribution in [3.8, 4) is 5.75 Å². The Labute approximate surface area is 211 Å². The van der Waals surface area contributed by atoms with Crippen molar-refractivity contribution in [2.45, 2.75) is 6.92 Å². The molecule has 2 aromatic heterocycles. The SMILES string of the molecule is COC(=O)c1cc(C(=O)c2c(C)c(N(C)C(=O)c3cccc(OC)c3)c3ccccn23)ccc1[N+](=O)[O-]. The Kier molecular flexibility index (Phi) is 6.75. The molecule has 0 saturated heterocycles. The summed E-state index contributed by atoms with van der Waals surface area (Å²) < 4.78 is 11.6. The number of aromatic nitrogens is 1. The largest absolute Gasteiger partial charge is 0.497 e. The molecule has 0 spiro atoms. The van der Waals surface area contributed by atoms with Gasteiger partial charge in [-0.05, 0) is 49.4 Å². The van der Waals surface area contributed by atoms with Gasteiger partial charge in [0.15, 0.2) is 0 Å². The highest BCUT2D eigenvalue weighted by atomic mass is 16.6. The van der Waals surface area contributed by atoms with Crippen molar-refractivity contribution in [1.82, 2.24) is 4.40 Å². The number of nitro groups is 1. The Hall–Kier alpha value is -4.99. The number of ketones is 1. The number of benzene rings is 2. The van der Waals surface area contributed by atoms with Gasteiger partial charge in [0.2, 0.25) is 5.78 Å². The predicted octanol–water partition coefficient (Wildman–Crippen LogP) is 4.46. The molecule has 2 heterocycles. The highest BCUT2D eigenvalue weighted by Gasteiger charge is 2.29. The van der Waals surface area contributed by atoms with E-state index in [9.17, 15) is 24.5 Å². The predicted molar refractivity (Wildman–Crippen MR) is 136 cm³/mol. The lowest BCUT2D eigenvalue weighted by atomic mass is 10.0. The Morgan fingerprint density at radius 3 is 2.41 bits per heavy atom. The highest BCUT2D eigenvalue weighted by molar-refractivity contribution is 6.15. The molecule has 0 aliphatic carbocycles. The molecule has 10 nitrogen and oxygen atoms in total. The Bertz CT molecular complexity index is 1570. The lowest BCUT2D eigenvalue weighted by Gasteiger charge is -2.18. The first-order valence-electron chi connectivity index (χ1n) is 11.1. The van der Waals surface area contributed by atoms with E-state index in [-0.39, 0.29) is 22.7 Å². The zero-order valence-corrected chi connectivity index (χ0v) is 20.6. The molecule has 2 aromatic carbocycles. The molecule has 0 N–H and O–H groups in total. The molecular weight excluding hydrogens is 478 g/mol. The van der Waals surface area contributed by atoms with Crippen molar-refractivity contribution in [2.75, 3.05) is 26.2 Å². The first kappa shape index (κ1) is 25.1. The average Bonchev–Trinajstić information content (AvgIpc) is 3.22. The highest BCUT2D eigenvalue weighted by Crippen LogP contribution is 2.34. The van der Waals surface area contributed by atoms with E-state index < -0.39 is 22.4 Å². The van der Waals surface area contributed by atoms with Crippen molar-refractivity contribution >= 4 is 34.6 Å². The fourth-order valence-electron chi connectivity index (χ4n) is 4.32. The van der Waals surface area contributed by atoms with Gasteiger partial charge in [-0.2, -0.15) is 0 Å². The van der Waals surface area contributed by atoms with Crippen LogP contribution < -0.4 is 9.64 Å². The standard InChI is InChI=1S/C27H23N3O7/c1-16-23(28(2)26(32)18-8-7-9-19(14-18)36-3)22-10-5-6-13-29(22)24(16)25(31)17-11-12-21(30(34)35)20(15-17)27(33)37-4/h5-15H,1-4H3. The second kappa shape index (κ2) is 9.94. The third kappa shape index (κ3) is 4.40. The van der Waals surface area contributed by atoms with Crippen LogP contribution in [0, 0.1) is 17.0 Å². The maximum Gasteiger partial charge on any atom is 0.344 e. The summed E-state index contributed by atoms with van der Waals surface area (Å²) in [5.74, 6) is -1.18. The summed E-state index contributed by atoms with van der Waals surface area (Å²) >= 11 is 0. The van der Waals surface area contributed by atoms with Gasteiger partial charge in [-0.25, -0.2) is 4.79 Å². The number of carbonyl (C=O) groups is 3. The minimum atomic E-state index is -0.928. The molecule has 4 rings (SSSR count). The number of carbonyl (C=O) groups excluding carboxylic acids is 3. The Morgan fingerprint density at radius 2 is 1.73 bits per heavy atom. The minimum Gasteiger partial charge on any atom is -0.497 e. The number of ether oxygens (including phenoxy) is 2. The van der Waals surface area contributed by atoms with E-state index in [0.29, 0.717) is 28.1 Å². The fourth-order valence-corrected chi connectivity index (χ4v) is 4.32. The topological polar surface area (TPSA) is 120 Å². The van der Waals surface area contributed by atoms with E-state index in [4.69, 9.17) is 4.74 Å². The Morgan fingerprint density at radius 1 is 0.973 bits per heavy atom. The number of rotatable bonds is 7. The number of fused-ring (bicyclic) bond motifs is 1. The normalized spacial score (nSPS) is 10.7. The van der Waals surface area contributed by atoms with Gasteiger partial charge in [0, 0.05) is 36.0 Å². The number of amides is 1. The van der Waals surface area contributed by atoms with Crippen molar-refractivity contribution in [2.24, 2.45) is 0 Å². The summed E-state index contributed by atoms with van der Waals surface area (Å²) in [5.41, 5.74) is 1.57. The molecule has 0 saturated carbocycles. The third-order valence-electron chi connectivity index (χ3n) is 6.09. The summed E-state index contributed by atoms with van der Waals surface area (Å²) in [5, 5.41) is 11.4. The van der Waals surface area contributed by atoms with Gasteiger partial charge in [-0.15, -0.1) is 0 Å². The van der Waals surface area contributed by atoms with Gasteiger partial charge in [-0.1, -0.05) is 12.1 Å². The minimum absolute atomic E-state index is 0.0608. The van der Waals surface area contributed by atoms with E-state index in [1.54, 1.807) is 67.0 Å². The Balaban J connectivity index is 1.85. The van der Waals surface area contributed by atoms with Gasteiger partial charge >= 0.3 is 5.97 Å². The molecule has 4 aromatic rings. The zero-order chi connectivity index (χ0) is 26.9. The summed E-state index contributed by atoms with van der Waals surface area (Å²) in [6.45, 7) is 1.72. The average molecular weight is 501 g/mol. The number of nitro benzene ring substituents is 1. The van der Waals surface area contributed by atoms with Gasteiger partial charge in [0.1, 0.15) is 11.3 Å². The maximum atomic E-state index is 13.7. The monoisotopic (exact) mass is 501 g/mol. The molecule has 0 bridgehead atoms. The molecule has 0 radical (unpaired) electrons. The summed E-state index contributed by atoms with van der Waals surface area (Å²) in [6.07, 6.45) is 1.69. The van der Waals surface area contributed by atoms with E-state index in [1.807, 2.05) is 0 Å². The molecule has 0 unspecified atom stereocenters. The van der Waals surface area contributed by atoms with Gasteiger partial charge in [0.25, 0.3) is 11.6 Å². The molecule has 0 fully saturated rings. The van der Waals surface area contributed by atoms with Gasteiger partial charge in [0.05, 0.1) is 36.0 Å². The van der Waals surface area contributed by atoms with Crippen molar-refractivity contribution in [3.63, 3.8) is 0 Å². The van der Waals surface area contributed by atoms with Gasteiger partial charge in [-0.3, -0.25) is 19.7 Å². The van der Waals surface area contributed by atoms with Crippen LogP contribution in [-0.4, -0.2) is 48.3 Å². The van der Waals surface area contributed by atoms with Crippen molar-refractivity contribution in [1.29, 1.82) is 0 Å². The number of nitrogens with zero attached hydrogens (tertiary/aromatic N) is 3. The second-order valence-corrected chi connectivity index (χ2v) is 8.18. The third-order valence-corrected chi connectivity index (χ3v) is 6.09. The molecule has 10 heteroatoms. The summed E-state index contributed by atoms with van der Waals surface area (Å²) in [7, 11) is 4.24. The molecule has 1 amide bonds. The van der Waals surface area contributed by atoms with Crippen molar-refractivity contribution in [3.05, 3.63) is 105 Å². The van der Waals surface area contributed by atoms with Crippen LogP contribution >= 0.6 is 0 Å². The lowest BCUT2D eigenvalue weighted by molar-refractivity contribution is -0.385. The van der Waals surface area contributed by atoms with Crippen LogP contribution in [0.3, 0.4) is 0 Å². The molecule has 0 aliphatic rings. The first-order chi connectivity index (χ1) is 17.7. The number of pyridine rings is 1. The molecule has 0 aliphatic heterocycles. The maximum absolute atomic E-state index is 13.7. The quantitative estimate of drug-likeness (QED) is 0.159. The number of methoxy groups -OCH3 is 2. The van der Waals surface area contributed by atoms with E-state index >= 15 is 0 Å². The van der Waals surface area contributed by atoms with E-state index in [0.717, 1.165) is 19.2 Å². The van der Waals surface area contributed by atoms with Crippen LogP contribution in [0.25, 0.3) is 5.52 Å². The van der Waals surface area contributed by atoms with Crippen LogP contribution in [0.5, 0.6) is 5.75 Å². The lowest BCUT2D eigenvalue weighted by Crippen LogP contribution is -2.26. The number of hydrogen-bond donors (Lipinski definition) is 0. The zero-order valence-electron chi connectivity index (χ0n) is 20.6.